The van der Waals surface area contributed by atoms with Crippen molar-refractivity contribution in [1.82, 2.24) is 0 Å². The van der Waals surface area contributed by atoms with Crippen LogP contribution in [-0.2, 0) is 14.9 Å². The minimum Gasteiger partial charge on any atom is -0.426 e. The zero-order valence-corrected chi connectivity index (χ0v) is 13.5. The van der Waals surface area contributed by atoms with E-state index in [4.69, 9.17) is 4.74 Å². The maximum Gasteiger partial charge on any atom is 0.308 e. The second kappa shape index (κ2) is 4.69. The van der Waals surface area contributed by atoms with Crippen LogP contribution in [0.4, 0.5) is 0 Å². The van der Waals surface area contributed by atoms with Crippen molar-refractivity contribution in [2.75, 3.05) is 0 Å². The fraction of sp³-hybridized carbons (Fsp3) is 0.190. The van der Waals surface area contributed by atoms with Crippen molar-refractivity contribution in [3.63, 3.8) is 0 Å². The smallest absolute Gasteiger partial charge is 0.308 e. The number of allylic oxidation sites excluding steroid dienone is 2. The molecule has 2 aliphatic carbocycles. The summed E-state index contributed by atoms with van der Waals surface area (Å²) in [6.07, 6.45) is 2.21. The molecule has 0 saturated heterocycles. The highest BCUT2D eigenvalue weighted by Gasteiger charge is 2.41. The number of carbonyl (C=O) groups excluding carboxylic acids is 1. The Labute approximate surface area is 136 Å². The zero-order valence-electron chi connectivity index (χ0n) is 13.5. The lowest BCUT2D eigenvalue weighted by Gasteiger charge is -2.34. The molecule has 0 bridgehead atoms. The Kier molecular flexibility index (Phi) is 2.86. The molecule has 0 aromatic heterocycles. The van der Waals surface area contributed by atoms with Crippen LogP contribution in [-0.4, -0.2) is 5.97 Å². The third-order valence-electron chi connectivity index (χ3n) is 4.76. The van der Waals surface area contributed by atoms with Crippen LogP contribution in [0.3, 0.4) is 0 Å². The van der Waals surface area contributed by atoms with Gasteiger partial charge in [0.15, 0.2) is 0 Å². The van der Waals surface area contributed by atoms with E-state index in [1.165, 1.54) is 23.6 Å². The normalized spacial score (nSPS) is 17.1. The number of fused-ring (bicyclic) bond motifs is 4. The molecular weight excluding hydrogens is 284 g/mol. The van der Waals surface area contributed by atoms with Gasteiger partial charge >= 0.3 is 5.97 Å². The SMILES string of the molecule is CC(=O)OC1=C2C(=Cc3ccccc3C2(C)C)c2ccccc21. The summed E-state index contributed by atoms with van der Waals surface area (Å²) >= 11 is 0. The summed E-state index contributed by atoms with van der Waals surface area (Å²) in [5.74, 6) is 0.428. The van der Waals surface area contributed by atoms with E-state index in [9.17, 15) is 4.79 Å². The summed E-state index contributed by atoms with van der Waals surface area (Å²) in [5, 5.41) is 0. The van der Waals surface area contributed by atoms with E-state index in [0.29, 0.717) is 5.76 Å². The van der Waals surface area contributed by atoms with Crippen molar-refractivity contribution in [3.8, 4) is 0 Å². The monoisotopic (exact) mass is 302 g/mol. The number of hydrogen-bond donors (Lipinski definition) is 0. The molecule has 2 aromatic rings. The summed E-state index contributed by atoms with van der Waals surface area (Å²) in [6.45, 7) is 5.86. The molecule has 23 heavy (non-hydrogen) atoms. The van der Waals surface area contributed by atoms with Crippen LogP contribution in [0.1, 0.15) is 43.0 Å². The lowest BCUT2D eigenvalue weighted by atomic mass is 9.69. The summed E-state index contributed by atoms with van der Waals surface area (Å²) in [4.78, 5) is 11.7. The van der Waals surface area contributed by atoms with Gasteiger partial charge in [-0.05, 0) is 28.3 Å². The number of rotatable bonds is 1. The fourth-order valence-electron chi connectivity index (χ4n) is 3.81. The number of carbonyl (C=O) groups is 1. The van der Waals surface area contributed by atoms with Gasteiger partial charge in [-0.3, -0.25) is 4.79 Å². The summed E-state index contributed by atoms with van der Waals surface area (Å²) < 4.78 is 5.66. The van der Waals surface area contributed by atoms with E-state index in [0.717, 1.165) is 16.7 Å². The van der Waals surface area contributed by atoms with E-state index in [-0.39, 0.29) is 11.4 Å². The van der Waals surface area contributed by atoms with Crippen LogP contribution in [0.2, 0.25) is 0 Å². The Morgan fingerprint density at radius 1 is 0.957 bits per heavy atom. The van der Waals surface area contributed by atoms with Crippen LogP contribution in [0.25, 0.3) is 17.4 Å². The number of esters is 1. The van der Waals surface area contributed by atoms with Gasteiger partial charge in [-0.1, -0.05) is 62.4 Å². The molecule has 0 radical (unpaired) electrons. The third-order valence-corrected chi connectivity index (χ3v) is 4.76. The van der Waals surface area contributed by atoms with Crippen LogP contribution in [0.15, 0.2) is 54.1 Å². The third kappa shape index (κ3) is 1.91. The first kappa shape index (κ1) is 14.0. The summed E-state index contributed by atoms with van der Waals surface area (Å²) in [6, 6.07) is 16.6. The molecule has 0 unspecified atom stereocenters. The van der Waals surface area contributed by atoms with Gasteiger partial charge in [0, 0.05) is 23.5 Å². The second-order valence-electron chi connectivity index (χ2n) is 6.61. The van der Waals surface area contributed by atoms with Crippen molar-refractivity contribution in [3.05, 3.63) is 76.4 Å². The average molecular weight is 302 g/mol. The Balaban J connectivity index is 2.07. The second-order valence-corrected chi connectivity index (χ2v) is 6.61. The number of benzene rings is 2. The Morgan fingerprint density at radius 2 is 1.61 bits per heavy atom. The maximum absolute atomic E-state index is 11.7. The minimum atomic E-state index is -0.279. The molecule has 0 N–H and O–H groups in total. The average Bonchev–Trinajstić information content (AvgIpc) is 2.82. The van der Waals surface area contributed by atoms with Gasteiger partial charge in [-0.25, -0.2) is 0 Å². The summed E-state index contributed by atoms with van der Waals surface area (Å²) in [7, 11) is 0. The molecule has 0 amide bonds. The number of hydrogen-bond acceptors (Lipinski definition) is 2. The standard InChI is InChI=1S/C21H18O2/c1-13(22)23-20-16-10-6-5-9-15(16)17-12-14-8-4-7-11-18(14)21(2,3)19(17)20/h4-12H,1-3H3. The lowest BCUT2D eigenvalue weighted by Crippen LogP contribution is -2.25. The van der Waals surface area contributed by atoms with Gasteiger partial charge in [-0.15, -0.1) is 0 Å². The molecule has 2 heteroatoms. The van der Waals surface area contributed by atoms with Crippen LogP contribution < -0.4 is 0 Å². The molecular formula is C21H18O2. The molecule has 2 aliphatic rings. The summed E-state index contributed by atoms with van der Waals surface area (Å²) in [5.41, 5.74) is 6.69. The Bertz CT molecular complexity index is 898. The topological polar surface area (TPSA) is 26.3 Å². The highest BCUT2D eigenvalue weighted by Crippen LogP contribution is 2.54. The van der Waals surface area contributed by atoms with Crippen LogP contribution in [0.5, 0.6) is 0 Å². The van der Waals surface area contributed by atoms with Gasteiger partial charge in [0.2, 0.25) is 0 Å². The Morgan fingerprint density at radius 3 is 2.35 bits per heavy atom. The molecule has 0 spiro atoms. The van der Waals surface area contributed by atoms with E-state index in [2.05, 4.69) is 50.3 Å². The molecule has 4 rings (SSSR count). The molecule has 2 nitrogen and oxygen atoms in total. The van der Waals surface area contributed by atoms with Gasteiger partial charge in [0.25, 0.3) is 0 Å². The van der Waals surface area contributed by atoms with Crippen molar-refractivity contribution in [1.29, 1.82) is 0 Å². The quantitative estimate of drug-likeness (QED) is 0.707. The molecule has 0 atom stereocenters. The maximum atomic E-state index is 11.7. The highest BCUT2D eigenvalue weighted by molar-refractivity contribution is 6.08. The van der Waals surface area contributed by atoms with Gasteiger partial charge in [0.1, 0.15) is 5.76 Å². The highest BCUT2D eigenvalue weighted by atomic mass is 16.5. The molecule has 0 heterocycles. The van der Waals surface area contributed by atoms with Crippen LogP contribution >= 0.6 is 0 Å². The molecule has 0 aliphatic heterocycles. The van der Waals surface area contributed by atoms with Gasteiger partial charge in [-0.2, -0.15) is 0 Å². The first-order valence-corrected chi connectivity index (χ1v) is 7.84. The van der Waals surface area contributed by atoms with E-state index in [1.807, 2.05) is 18.2 Å². The van der Waals surface area contributed by atoms with Crippen LogP contribution in [0, 0.1) is 0 Å². The zero-order chi connectivity index (χ0) is 16.2. The predicted octanol–water partition coefficient (Wildman–Crippen LogP) is 4.81. The van der Waals surface area contributed by atoms with E-state index < -0.39 is 0 Å². The van der Waals surface area contributed by atoms with E-state index in [1.54, 1.807) is 0 Å². The first-order chi connectivity index (χ1) is 11.0. The number of ether oxygens (including phenoxy) is 1. The minimum absolute atomic E-state index is 0.218. The first-order valence-electron chi connectivity index (χ1n) is 7.84. The fourth-order valence-corrected chi connectivity index (χ4v) is 3.81. The lowest BCUT2D eigenvalue weighted by molar-refractivity contribution is -0.134. The van der Waals surface area contributed by atoms with Crippen molar-refractivity contribution < 1.29 is 9.53 Å². The van der Waals surface area contributed by atoms with Crippen molar-refractivity contribution in [2.24, 2.45) is 0 Å². The molecule has 114 valence electrons. The largest absolute Gasteiger partial charge is 0.426 e. The molecule has 2 aromatic carbocycles. The van der Waals surface area contributed by atoms with Gasteiger partial charge in [0.05, 0.1) is 0 Å². The molecule has 0 saturated carbocycles. The van der Waals surface area contributed by atoms with Crippen molar-refractivity contribution >= 4 is 23.4 Å². The predicted molar refractivity (Wildman–Crippen MR) is 92.5 cm³/mol. The van der Waals surface area contributed by atoms with Crippen molar-refractivity contribution in [2.45, 2.75) is 26.2 Å². The molecule has 0 fully saturated rings. The van der Waals surface area contributed by atoms with E-state index >= 15 is 0 Å². The van der Waals surface area contributed by atoms with Gasteiger partial charge < -0.3 is 4.74 Å². The Hall–Kier alpha value is -2.61.